The molecule has 0 radical (unpaired) electrons. The Balaban J connectivity index is 1.57. The van der Waals surface area contributed by atoms with Crippen molar-refractivity contribution in [3.8, 4) is 11.5 Å². The molecule has 2 aliphatic heterocycles. The van der Waals surface area contributed by atoms with Gasteiger partial charge in [0.05, 0.1) is 22.8 Å². The number of esters is 1. The highest BCUT2D eigenvalue weighted by Crippen LogP contribution is 2.40. The second kappa shape index (κ2) is 8.53. The molecule has 7 nitrogen and oxygen atoms in total. The zero-order valence-electron chi connectivity index (χ0n) is 16.2. The lowest BCUT2D eigenvalue weighted by Gasteiger charge is -2.07. The first-order valence-electron chi connectivity index (χ1n) is 9.09. The fourth-order valence-corrected chi connectivity index (χ4v) is 4.25. The van der Waals surface area contributed by atoms with E-state index in [9.17, 15) is 9.59 Å². The largest absolute Gasteiger partial charge is 0.462 e. The number of amides is 1. The fraction of sp³-hybridized carbons (Fsp3) is 0.190. The van der Waals surface area contributed by atoms with Gasteiger partial charge in [0.2, 0.25) is 6.79 Å². The van der Waals surface area contributed by atoms with Crippen LogP contribution in [0.25, 0.3) is 6.08 Å². The van der Waals surface area contributed by atoms with Crippen LogP contribution in [0.1, 0.15) is 22.8 Å². The molecule has 0 saturated carbocycles. The highest BCUT2D eigenvalue weighted by Gasteiger charge is 2.31. The van der Waals surface area contributed by atoms with E-state index in [0.717, 1.165) is 10.0 Å². The molecule has 0 N–H and O–H groups in total. The SMILES string of the molecule is CCOC(=O)c1ccc(N=C2SC(=Cc3cc4c(cc3Br)OCO4)C(=O)N2C)cc1. The van der Waals surface area contributed by atoms with Gasteiger partial charge in [-0.25, -0.2) is 9.79 Å². The summed E-state index contributed by atoms with van der Waals surface area (Å²) in [4.78, 5) is 31.0. The van der Waals surface area contributed by atoms with Crippen LogP contribution < -0.4 is 9.47 Å². The molecule has 0 unspecified atom stereocenters. The molecule has 2 aromatic carbocycles. The summed E-state index contributed by atoms with van der Waals surface area (Å²) in [7, 11) is 1.68. The Kier molecular flexibility index (Phi) is 5.83. The van der Waals surface area contributed by atoms with Crippen LogP contribution >= 0.6 is 27.7 Å². The van der Waals surface area contributed by atoms with Crippen LogP contribution in [0.4, 0.5) is 5.69 Å². The van der Waals surface area contributed by atoms with E-state index < -0.39 is 0 Å². The number of thioether (sulfide) groups is 1. The third-order valence-corrected chi connectivity index (χ3v) is 6.13. The molecule has 2 aromatic rings. The van der Waals surface area contributed by atoms with E-state index in [1.807, 2.05) is 12.1 Å². The minimum Gasteiger partial charge on any atom is -0.462 e. The van der Waals surface area contributed by atoms with E-state index in [4.69, 9.17) is 14.2 Å². The molecule has 0 bridgehead atoms. The van der Waals surface area contributed by atoms with Crippen molar-refractivity contribution < 1.29 is 23.8 Å². The molecular weight excluding hydrogens is 472 g/mol. The number of rotatable bonds is 4. The quantitative estimate of drug-likeness (QED) is 0.462. The maximum atomic E-state index is 12.7. The highest BCUT2D eigenvalue weighted by molar-refractivity contribution is 9.10. The number of fused-ring (bicyclic) bond motifs is 1. The summed E-state index contributed by atoms with van der Waals surface area (Å²) >= 11 is 4.79. The number of hydrogen-bond acceptors (Lipinski definition) is 7. The van der Waals surface area contributed by atoms with Gasteiger partial charge < -0.3 is 14.2 Å². The van der Waals surface area contributed by atoms with Crippen LogP contribution in [0.2, 0.25) is 0 Å². The zero-order valence-corrected chi connectivity index (χ0v) is 18.6. The van der Waals surface area contributed by atoms with Crippen molar-refractivity contribution in [2.24, 2.45) is 4.99 Å². The summed E-state index contributed by atoms with van der Waals surface area (Å²) in [5.41, 5.74) is 1.90. The minimum atomic E-state index is -0.376. The van der Waals surface area contributed by atoms with Crippen molar-refractivity contribution in [1.29, 1.82) is 0 Å². The third kappa shape index (κ3) is 4.08. The molecule has 1 fully saturated rings. The van der Waals surface area contributed by atoms with Crippen molar-refractivity contribution in [3.63, 3.8) is 0 Å². The molecule has 4 rings (SSSR count). The van der Waals surface area contributed by atoms with E-state index in [1.165, 1.54) is 16.7 Å². The van der Waals surface area contributed by atoms with Crippen LogP contribution in [0.15, 0.2) is 50.8 Å². The lowest BCUT2D eigenvalue weighted by Crippen LogP contribution is -2.23. The summed E-state index contributed by atoms with van der Waals surface area (Å²) in [6.45, 7) is 2.26. The number of likely N-dealkylation sites (N-methyl/N-ethyl adjacent to an activating group) is 1. The number of amidine groups is 1. The monoisotopic (exact) mass is 488 g/mol. The van der Waals surface area contributed by atoms with E-state index >= 15 is 0 Å². The average molecular weight is 489 g/mol. The number of aliphatic imine (C=N–C) groups is 1. The second-order valence-corrected chi connectivity index (χ2v) is 8.23. The molecule has 154 valence electrons. The molecule has 1 saturated heterocycles. The zero-order chi connectivity index (χ0) is 21.3. The van der Waals surface area contributed by atoms with Crippen molar-refractivity contribution in [1.82, 2.24) is 4.90 Å². The van der Waals surface area contributed by atoms with Gasteiger partial charge in [0, 0.05) is 11.5 Å². The Morgan fingerprint density at radius 2 is 1.97 bits per heavy atom. The van der Waals surface area contributed by atoms with Crippen LogP contribution in [-0.2, 0) is 9.53 Å². The Morgan fingerprint density at radius 1 is 1.27 bits per heavy atom. The predicted octanol–water partition coefficient (Wildman–Crippen LogP) is 4.59. The first-order valence-corrected chi connectivity index (χ1v) is 10.7. The number of benzene rings is 2. The van der Waals surface area contributed by atoms with Crippen molar-refractivity contribution >= 4 is 56.5 Å². The number of carbonyl (C=O) groups is 2. The molecule has 2 heterocycles. The fourth-order valence-electron chi connectivity index (χ4n) is 2.83. The first kappa shape index (κ1) is 20.5. The van der Waals surface area contributed by atoms with Gasteiger partial charge in [0.15, 0.2) is 16.7 Å². The predicted molar refractivity (Wildman–Crippen MR) is 118 cm³/mol. The number of ether oxygens (including phenoxy) is 3. The standard InChI is InChI=1S/C21H17BrN2O5S/c1-3-27-20(26)12-4-6-14(7-5-12)23-21-24(2)19(25)18(30-21)9-13-8-16-17(10-15(13)22)29-11-28-16/h4-10H,3,11H2,1-2H3. The maximum Gasteiger partial charge on any atom is 0.338 e. The number of halogens is 1. The van der Waals surface area contributed by atoms with Crippen molar-refractivity contribution in [3.05, 3.63) is 56.9 Å². The topological polar surface area (TPSA) is 77.4 Å². The molecule has 0 aliphatic carbocycles. The van der Waals surface area contributed by atoms with E-state index in [0.29, 0.717) is 39.4 Å². The van der Waals surface area contributed by atoms with Crippen LogP contribution in [0.5, 0.6) is 11.5 Å². The molecule has 30 heavy (non-hydrogen) atoms. The molecular formula is C21H17BrN2O5S. The van der Waals surface area contributed by atoms with Crippen molar-refractivity contribution in [2.75, 3.05) is 20.4 Å². The summed E-state index contributed by atoms with van der Waals surface area (Å²) in [6.07, 6.45) is 1.79. The Labute approximate surface area is 185 Å². The maximum absolute atomic E-state index is 12.7. The normalized spacial score (nSPS) is 17.8. The Hall–Kier alpha value is -2.78. The van der Waals surface area contributed by atoms with E-state index in [1.54, 1.807) is 44.3 Å². The molecule has 0 atom stereocenters. The van der Waals surface area contributed by atoms with Gasteiger partial charge in [-0.3, -0.25) is 9.69 Å². The van der Waals surface area contributed by atoms with Gasteiger partial charge in [0.25, 0.3) is 5.91 Å². The second-order valence-electron chi connectivity index (χ2n) is 6.36. The number of carbonyl (C=O) groups excluding carboxylic acids is 2. The molecule has 1 amide bonds. The summed E-state index contributed by atoms with van der Waals surface area (Å²) < 4.78 is 16.6. The Bertz CT molecular complexity index is 1080. The minimum absolute atomic E-state index is 0.147. The van der Waals surface area contributed by atoms with Gasteiger partial charge in [-0.1, -0.05) is 15.9 Å². The number of nitrogens with zero attached hydrogens (tertiary/aromatic N) is 2. The highest BCUT2D eigenvalue weighted by atomic mass is 79.9. The van der Waals surface area contributed by atoms with Crippen molar-refractivity contribution in [2.45, 2.75) is 6.92 Å². The number of hydrogen-bond donors (Lipinski definition) is 0. The molecule has 2 aliphatic rings. The lowest BCUT2D eigenvalue weighted by atomic mass is 10.2. The lowest BCUT2D eigenvalue weighted by molar-refractivity contribution is -0.121. The summed E-state index contributed by atoms with van der Waals surface area (Å²) in [5.74, 6) is 0.787. The third-order valence-electron chi connectivity index (χ3n) is 4.39. The van der Waals surface area contributed by atoms with E-state index in [2.05, 4.69) is 20.9 Å². The van der Waals surface area contributed by atoms with Crippen LogP contribution in [0.3, 0.4) is 0 Å². The smallest absolute Gasteiger partial charge is 0.338 e. The molecule has 0 spiro atoms. The van der Waals surface area contributed by atoms with Gasteiger partial charge in [-0.05, 0) is 66.7 Å². The summed E-state index contributed by atoms with van der Waals surface area (Å²) in [6, 6.07) is 10.4. The van der Waals surface area contributed by atoms with Gasteiger partial charge >= 0.3 is 5.97 Å². The van der Waals surface area contributed by atoms with Crippen LogP contribution in [-0.4, -0.2) is 42.4 Å². The first-order chi connectivity index (χ1) is 14.5. The van der Waals surface area contributed by atoms with Gasteiger partial charge in [-0.2, -0.15) is 0 Å². The molecule has 0 aromatic heterocycles. The van der Waals surface area contributed by atoms with E-state index in [-0.39, 0.29) is 18.7 Å². The molecule has 9 heteroatoms. The Morgan fingerprint density at radius 3 is 2.67 bits per heavy atom. The average Bonchev–Trinajstić information content (AvgIpc) is 3.28. The summed E-state index contributed by atoms with van der Waals surface area (Å²) in [5, 5.41) is 0.548. The van der Waals surface area contributed by atoms with Gasteiger partial charge in [0.1, 0.15) is 0 Å². The van der Waals surface area contributed by atoms with Gasteiger partial charge in [-0.15, -0.1) is 0 Å². The van der Waals surface area contributed by atoms with Crippen LogP contribution in [0, 0.1) is 0 Å².